The molecule has 0 aliphatic heterocycles. The Bertz CT molecular complexity index is 512. The number of hydrogen-bond donors (Lipinski definition) is 0. The third-order valence-electron chi connectivity index (χ3n) is 2.34. The number of hydrogen-bond acceptors (Lipinski definition) is 4. The second-order valence-corrected chi connectivity index (χ2v) is 3.62. The monoisotopic (exact) mass is 240 g/mol. The Morgan fingerprint density at radius 2 is 1.56 bits per heavy atom. The van der Waals surface area contributed by atoms with E-state index in [9.17, 15) is 4.91 Å². The summed E-state index contributed by atoms with van der Waals surface area (Å²) in [5.41, 5.74) is 1.58. The summed E-state index contributed by atoms with van der Waals surface area (Å²) < 4.78 is 0. The number of rotatable bonds is 5. The van der Waals surface area contributed by atoms with Crippen molar-refractivity contribution in [2.45, 2.75) is 6.23 Å². The molecule has 4 heteroatoms. The van der Waals surface area contributed by atoms with E-state index >= 15 is 0 Å². The van der Waals surface area contributed by atoms with Crippen molar-refractivity contribution < 1.29 is 4.84 Å². The van der Waals surface area contributed by atoms with Crippen molar-refractivity contribution in [3.05, 3.63) is 76.7 Å². The summed E-state index contributed by atoms with van der Waals surface area (Å²) in [4.78, 5) is 15.8. The Kier molecular flexibility index (Phi) is 4.19. The van der Waals surface area contributed by atoms with Crippen LogP contribution in [0.4, 0.5) is 0 Å². The average molecular weight is 240 g/mol. The zero-order valence-electron chi connectivity index (χ0n) is 9.64. The second kappa shape index (κ2) is 6.30. The van der Waals surface area contributed by atoms with Gasteiger partial charge in [-0.05, 0) is 10.7 Å². The van der Waals surface area contributed by atoms with Crippen LogP contribution in [0.3, 0.4) is 0 Å². The highest BCUT2D eigenvalue weighted by atomic mass is 16.7. The quantitative estimate of drug-likeness (QED) is 0.456. The third kappa shape index (κ3) is 3.25. The maximum atomic E-state index is 10.7. The molecule has 2 aromatic rings. The molecule has 2 rings (SSSR count). The molecule has 0 radical (unpaired) electrons. The van der Waals surface area contributed by atoms with Crippen LogP contribution in [0, 0.1) is 4.91 Å². The molecule has 0 aliphatic rings. The van der Waals surface area contributed by atoms with Gasteiger partial charge in [-0.2, -0.15) is 0 Å². The van der Waals surface area contributed by atoms with Crippen molar-refractivity contribution in [3.8, 4) is 0 Å². The lowest BCUT2D eigenvalue weighted by Crippen LogP contribution is -1.96. The van der Waals surface area contributed by atoms with E-state index in [1.54, 1.807) is 18.3 Å². The highest BCUT2D eigenvalue weighted by Crippen LogP contribution is 2.18. The molecular weight excluding hydrogens is 228 g/mol. The van der Waals surface area contributed by atoms with E-state index in [0.717, 1.165) is 5.56 Å². The second-order valence-electron chi connectivity index (χ2n) is 3.62. The summed E-state index contributed by atoms with van der Waals surface area (Å²) in [6, 6.07) is 18.5. The van der Waals surface area contributed by atoms with Crippen molar-refractivity contribution >= 4 is 6.21 Å². The van der Waals surface area contributed by atoms with Crippen molar-refractivity contribution in [1.29, 1.82) is 0 Å². The molecule has 0 N–H and O–H groups in total. The van der Waals surface area contributed by atoms with E-state index < -0.39 is 6.23 Å². The minimum Gasteiger partial charge on any atom is -0.360 e. The fourth-order valence-electron chi connectivity index (χ4n) is 1.45. The fourth-order valence-corrected chi connectivity index (χ4v) is 1.45. The van der Waals surface area contributed by atoms with Gasteiger partial charge < -0.3 is 4.84 Å². The lowest BCUT2D eigenvalue weighted by Gasteiger charge is -2.06. The molecule has 2 aromatic carbocycles. The number of nitrogens with zero attached hydrogens (tertiary/aromatic N) is 2. The third-order valence-corrected chi connectivity index (χ3v) is 2.34. The van der Waals surface area contributed by atoms with Crippen molar-refractivity contribution in [1.82, 2.24) is 0 Å². The molecule has 0 aromatic heterocycles. The van der Waals surface area contributed by atoms with Gasteiger partial charge in [0, 0.05) is 5.56 Å². The maximum absolute atomic E-state index is 10.7. The van der Waals surface area contributed by atoms with Crippen LogP contribution in [0.25, 0.3) is 0 Å². The van der Waals surface area contributed by atoms with E-state index in [0.29, 0.717) is 5.56 Å². The molecule has 0 saturated heterocycles. The molecule has 1 unspecified atom stereocenters. The maximum Gasteiger partial charge on any atom is 0.281 e. The fraction of sp³-hybridized carbons (Fsp3) is 0.0714. The molecule has 0 aliphatic carbocycles. The van der Waals surface area contributed by atoms with E-state index in [1.807, 2.05) is 48.5 Å². The van der Waals surface area contributed by atoms with E-state index in [2.05, 4.69) is 10.3 Å². The Balaban J connectivity index is 2.00. The van der Waals surface area contributed by atoms with E-state index in [1.165, 1.54) is 0 Å². The molecule has 4 nitrogen and oxygen atoms in total. The Labute approximate surface area is 105 Å². The summed E-state index contributed by atoms with van der Waals surface area (Å²) in [7, 11) is 0. The number of nitroso groups, excluding NO2 is 1. The molecular formula is C14H12N2O2. The first-order valence-electron chi connectivity index (χ1n) is 5.52. The van der Waals surface area contributed by atoms with Gasteiger partial charge in [0.2, 0.25) is 0 Å². The molecule has 0 spiro atoms. The smallest absolute Gasteiger partial charge is 0.281 e. The van der Waals surface area contributed by atoms with Crippen LogP contribution in [0.2, 0.25) is 0 Å². The normalized spacial score (nSPS) is 12.2. The number of oxime groups is 1. The molecule has 0 amide bonds. The van der Waals surface area contributed by atoms with Gasteiger partial charge in [-0.25, -0.2) is 0 Å². The standard InChI is InChI=1S/C14H12N2O2/c17-16-14(13-9-5-2-6-10-13)18-15-11-12-7-3-1-4-8-12/h1-11,14H. The summed E-state index contributed by atoms with van der Waals surface area (Å²) in [5, 5.41) is 6.67. The van der Waals surface area contributed by atoms with Gasteiger partial charge in [-0.1, -0.05) is 65.8 Å². The molecule has 0 fully saturated rings. The largest absolute Gasteiger partial charge is 0.360 e. The lowest BCUT2D eigenvalue weighted by atomic mass is 10.2. The molecule has 0 heterocycles. The average Bonchev–Trinajstić information content (AvgIpc) is 2.46. The van der Waals surface area contributed by atoms with Gasteiger partial charge in [0.15, 0.2) is 0 Å². The number of benzene rings is 2. The topological polar surface area (TPSA) is 51.0 Å². The van der Waals surface area contributed by atoms with Crippen LogP contribution in [-0.2, 0) is 4.84 Å². The Morgan fingerprint density at radius 3 is 2.17 bits per heavy atom. The Hall–Kier alpha value is -2.49. The molecule has 1 atom stereocenters. The summed E-state index contributed by atoms with van der Waals surface area (Å²) >= 11 is 0. The van der Waals surface area contributed by atoms with Gasteiger partial charge in [0.25, 0.3) is 6.23 Å². The first kappa shape index (κ1) is 12.0. The predicted octanol–water partition coefficient (Wildman–Crippen LogP) is 3.50. The van der Waals surface area contributed by atoms with E-state index in [4.69, 9.17) is 4.84 Å². The van der Waals surface area contributed by atoms with Crippen LogP contribution in [0.1, 0.15) is 17.4 Å². The van der Waals surface area contributed by atoms with Crippen molar-refractivity contribution in [2.75, 3.05) is 0 Å². The van der Waals surface area contributed by atoms with E-state index in [-0.39, 0.29) is 0 Å². The highest BCUT2D eigenvalue weighted by Gasteiger charge is 2.11. The van der Waals surface area contributed by atoms with Gasteiger partial charge in [-0.3, -0.25) is 0 Å². The first-order valence-corrected chi connectivity index (χ1v) is 5.52. The van der Waals surface area contributed by atoms with Gasteiger partial charge in [0.1, 0.15) is 0 Å². The van der Waals surface area contributed by atoms with Crippen molar-refractivity contribution in [3.63, 3.8) is 0 Å². The SMILES string of the molecule is O=NC(ON=Cc1ccccc1)c1ccccc1. The zero-order chi connectivity index (χ0) is 12.6. The van der Waals surface area contributed by atoms with Crippen LogP contribution in [0.5, 0.6) is 0 Å². The van der Waals surface area contributed by atoms with Crippen LogP contribution >= 0.6 is 0 Å². The van der Waals surface area contributed by atoms with Crippen LogP contribution in [-0.4, -0.2) is 6.21 Å². The van der Waals surface area contributed by atoms with Crippen LogP contribution in [0.15, 0.2) is 71.0 Å². The Morgan fingerprint density at radius 1 is 0.944 bits per heavy atom. The lowest BCUT2D eigenvalue weighted by molar-refractivity contribution is 0.0652. The first-order chi connectivity index (χ1) is 8.90. The minimum absolute atomic E-state index is 0.678. The molecule has 0 saturated carbocycles. The predicted molar refractivity (Wildman–Crippen MR) is 70.1 cm³/mol. The highest BCUT2D eigenvalue weighted by molar-refractivity contribution is 5.78. The van der Waals surface area contributed by atoms with Gasteiger partial charge in [-0.15, -0.1) is 4.91 Å². The molecule has 18 heavy (non-hydrogen) atoms. The molecule has 0 bridgehead atoms. The summed E-state index contributed by atoms with van der Waals surface area (Å²) in [5.74, 6) is 0. The molecule has 90 valence electrons. The summed E-state index contributed by atoms with van der Waals surface area (Å²) in [6.45, 7) is 0. The van der Waals surface area contributed by atoms with Crippen molar-refractivity contribution in [2.24, 2.45) is 10.3 Å². The van der Waals surface area contributed by atoms with Crippen LogP contribution < -0.4 is 0 Å². The van der Waals surface area contributed by atoms with Gasteiger partial charge in [0.05, 0.1) is 6.21 Å². The summed E-state index contributed by atoms with van der Waals surface area (Å²) in [6.07, 6.45) is 0.632. The zero-order valence-corrected chi connectivity index (χ0v) is 9.64. The van der Waals surface area contributed by atoms with Gasteiger partial charge >= 0.3 is 0 Å². The minimum atomic E-state index is -0.911.